The van der Waals surface area contributed by atoms with E-state index in [0.717, 1.165) is 19.4 Å². The molecule has 2 heterocycles. The van der Waals surface area contributed by atoms with Gasteiger partial charge in [0.25, 0.3) is 0 Å². The van der Waals surface area contributed by atoms with E-state index >= 15 is 0 Å². The molecule has 1 aliphatic carbocycles. The van der Waals surface area contributed by atoms with Crippen LogP contribution in [-0.4, -0.2) is 22.3 Å². The maximum atomic E-state index is 6.38. The van der Waals surface area contributed by atoms with E-state index in [1.54, 1.807) is 0 Å². The van der Waals surface area contributed by atoms with E-state index in [9.17, 15) is 0 Å². The van der Waals surface area contributed by atoms with Gasteiger partial charge in [-0.3, -0.25) is 0 Å². The lowest BCUT2D eigenvalue weighted by atomic mass is 9.98. The van der Waals surface area contributed by atoms with Gasteiger partial charge in [0.2, 0.25) is 0 Å². The van der Waals surface area contributed by atoms with E-state index in [1.807, 2.05) is 0 Å². The Balaban J connectivity index is 1.53. The Kier molecular flexibility index (Phi) is 4.18. The van der Waals surface area contributed by atoms with Crippen molar-refractivity contribution in [3.63, 3.8) is 0 Å². The summed E-state index contributed by atoms with van der Waals surface area (Å²) in [4.78, 5) is 0. The summed E-state index contributed by atoms with van der Waals surface area (Å²) in [5.41, 5.74) is 7.63. The summed E-state index contributed by atoms with van der Waals surface area (Å²) < 4.78 is 8.67. The number of nitrogens with two attached hydrogens (primary N) is 1. The first kappa shape index (κ1) is 14.2. The second kappa shape index (κ2) is 5.90. The number of ether oxygens (including phenoxy) is 1. The lowest BCUT2D eigenvalue weighted by Crippen LogP contribution is -2.26. The van der Waals surface area contributed by atoms with Gasteiger partial charge in [-0.15, -0.1) is 0 Å². The monoisotopic (exact) mass is 276 g/mol. The van der Waals surface area contributed by atoms with Crippen LogP contribution in [0.25, 0.3) is 0 Å². The van der Waals surface area contributed by atoms with Crippen LogP contribution in [0.4, 0.5) is 0 Å². The zero-order valence-corrected chi connectivity index (χ0v) is 12.7. The molecule has 1 aromatic rings. The average molecular weight is 276 g/mol. The molecule has 0 bridgehead atoms. The number of rotatable bonds is 5. The molecule has 2 aliphatic rings. The maximum absolute atomic E-state index is 6.38. The second-order valence-corrected chi connectivity index (χ2v) is 6.76. The molecule has 112 valence electrons. The second-order valence-electron chi connectivity index (χ2n) is 6.76. The van der Waals surface area contributed by atoms with E-state index in [-0.39, 0.29) is 11.6 Å². The predicted octanol–water partition coefficient (Wildman–Crippen LogP) is 3.26. The highest BCUT2D eigenvalue weighted by Crippen LogP contribution is 2.43. The molecule has 0 amide bonds. The molecular formula is C17H28N2O. The van der Waals surface area contributed by atoms with E-state index < -0.39 is 0 Å². The standard InChI is InChI=1S/C17H28N2O/c1-2-15(18)11-14-6-10-19(12-14)13-16-5-9-17(20-16)7-3-4-8-17/h6,10,12,15-16H,2-5,7-9,11,13,18H2,1H3. The van der Waals surface area contributed by atoms with Crippen molar-refractivity contribution in [3.8, 4) is 0 Å². The molecule has 3 rings (SSSR count). The van der Waals surface area contributed by atoms with Crippen LogP contribution in [0, 0.1) is 0 Å². The number of nitrogens with zero attached hydrogens (tertiary/aromatic N) is 1. The van der Waals surface area contributed by atoms with E-state index in [1.165, 1.54) is 44.1 Å². The summed E-state index contributed by atoms with van der Waals surface area (Å²) >= 11 is 0. The molecule has 1 saturated carbocycles. The molecule has 1 saturated heterocycles. The van der Waals surface area contributed by atoms with Crippen LogP contribution in [0.15, 0.2) is 18.5 Å². The van der Waals surface area contributed by atoms with E-state index in [4.69, 9.17) is 10.5 Å². The van der Waals surface area contributed by atoms with Crippen LogP contribution in [0.2, 0.25) is 0 Å². The zero-order valence-electron chi connectivity index (χ0n) is 12.7. The molecule has 0 radical (unpaired) electrons. The van der Waals surface area contributed by atoms with Crippen molar-refractivity contribution in [1.82, 2.24) is 4.57 Å². The number of aromatic nitrogens is 1. The quantitative estimate of drug-likeness (QED) is 0.896. The van der Waals surface area contributed by atoms with Gasteiger partial charge in [-0.25, -0.2) is 0 Å². The fourth-order valence-electron chi connectivity index (χ4n) is 3.82. The van der Waals surface area contributed by atoms with Crippen molar-refractivity contribution in [2.75, 3.05) is 0 Å². The van der Waals surface area contributed by atoms with Crippen LogP contribution >= 0.6 is 0 Å². The molecule has 3 heteroatoms. The highest BCUT2D eigenvalue weighted by molar-refractivity contribution is 5.12. The SMILES string of the molecule is CCC(N)Cc1ccn(CC2CCC3(CCCC3)O2)c1. The Labute approximate surface area is 122 Å². The minimum atomic E-state index is 0.255. The maximum Gasteiger partial charge on any atom is 0.0762 e. The third-order valence-corrected chi connectivity index (χ3v) is 5.10. The van der Waals surface area contributed by atoms with Crippen molar-refractivity contribution in [1.29, 1.82) is 0 Å². The van der Waals surface area contributed by atoms with Crippen LogP contribution in [0.1, 0.15) is 57.4 Å². The lowest BCUT2D eigenvalue weighted by Gasteiger charge is -2.24. The Hall–Kier alpha value is -0.800. The largest absolute Gasteiger partial charge is 0.370 e. The first-order valence-electron chi connectivity index (χ1n) is 8.27. The third kappa shape index (κ3) is 3.09. The predicted molar refractivity (Wildman–Crippen MR) is 81.7 cm³/mol. The van der Waals surface area contributed by atoms with Gasteiger partial charge in [-0.2, -0.15) is 0 Å². The molecule has 2 atom stereocenters. The molecule has 1 aromatic heterocycles. The molecule has 2 unspecified atom stereocenters. The Bertz CT molecular complexity index is 434. The average Bonchev–Trinajstić information content (AvgIpc) is 3.15. The van der Waals surface area contributed by atoms with Crippen molar-refractivity contribution < 1.29 is 4.74 Å². The number of hydrogen-bond donors (Lipinski definition) is 1. The highest BCUT2D eigenvalue weighted by Gasteiger charge is 2.41. The first-order chi connectivity index (χ1) is 9.69. The first-order valence-corrected chi connectivity index (χ1v) is 8.27. The fourth-order valence-corrected chi connectivity index (χ4v) is 3.82. The minimum Gasteiger partial charge on any atom is -0.370 e. The van der Waals surface area contributed by atoms with Gasteiger partial charge in [-0.05, 0) is 50.2 Å². The summed E-state index contributed by atoms with van der Waals surface area (Å²) in [6.07, 6.45) is 14.6. The Morgan fingerprint density at radius 2 is 2.20 bits per heavy atom. The molecule has 2 fully saturated rings. The summed E-state index contributed by atoms with van der Waals surface area (Å²) in [6, 6.07) is 2.49. The minimum absolute atomic E-state index is 0.255. The molecule has 2 N–H and O–H groups in total. The van der Waals surface area contributed by atoms with Crippen LogP contribution in [0.3, 0.4) is 0 Å². The molecule has 1 spiro atoms. The van der Waals surface area contributed by atoms with Crippen LogP contribution in [0.5, 0.6) is 0 Å². The normalized spacial score (nSPS) is 26.4. The van der Waals surface area contributed by atoms with Crippen molar-refractivity contribution in [2.45, 2.75) is 82.6 Å². The van der Waals surface area contributed by atoms with Crippen molar-refractivity contribution >= 4 is 0 Å². The van der Waals surface area contributed by atoms with Gasteiger partial charge in [0.1, 0.15) is 0 Å². The topological polar surface area (TPSA) is 40.2 Å². The summed E-state index contributed by atoms with van der Waals surface area (Å²) in [5.74, 6) is 0. The molecule has 1 aliphatic heterocycles. The summed E-state index contributed by atoms with van der Waals surface area (Å²) in [5, 5.41) is 0. The smallest absolute Gasteiger partial charge is 0.0762 e. The number of hydrogen-bond acceptors (Lipinski definition) is 2. The van der Waals surface area contributed by atoms with Gasteiger partial charge in [-0.1, -0.05) is 19.8 Å². The highest BCUT2D eigenvalue weighted by atomic mass is 16.5. The van der Waals surface area contributed by atoms with Crippen LogP contribution < -0.4 is 5.73 Å². The molecule has 20 heavy (non-hydrogen) atoms. The van der Waals surface area contributed by atoms with Gasteiger partial charge >= 0.3 is 0 Å². The van der Waals surface area contributed by atoms with Gasteiger partial charge in [0, 0.05) is 25.0 Å². The zero-order chi connectivity index (χ0) is 14.0. The third-order valence-electron chi connectivity index (χ3n) is 5.10. The van der Waals surface area contributed by atoms with E-state index in [2.05, 4.69) is 30.0 Å². The van der Waals surface area contributed by atoms with Gasteiger partial charge in [0.05, 0.1) is 11.7 Å². The molecule has 0 aromatic carbocycles. The van der Waals surface area contributed by atoms with Gasteiger partial charge in [0.15, 0.2) is 0 Å². The van der Waals surface area contributed by atoms with Gasteiger partial charge < -0.3 is 15.0 Å². The summed E-state index contributed by atoms with van der Waals surface area (Å²) in [7, 11) is 0. The van der Waals surface area contributed by atoms with E-state index in [0.29, 0.717) is 6.10 Å². The molecule has 3 nitrogen and oxygen atoms in total. The van der Waals surface area contributed by atoms with Crippen molar-refractivity contribution in [3.05, 3.63) is 24.0 Å². The van der Waals surface area contributed by atoms with Crippen molar-refractivity contribution in [2.24, 2.45) is 5.73 Å². The summed E-state index contributed by atoms with van der Waals surface area (Å²) in [6.45, 7) is 3.15. The Morgan fingerprint density at radius 3 is 2.95 bits per heavy atom. The lowest BCUT2D eigenvalue weighted by molar-refractivity contribution is -0.0417. The van der Waals surface area contributed by atoms with Crippen LogP contribution in [-0.2, 0) is 17.7 Å². The Morgan fingerprint density at radius 1 is 1.40 bits per heavy atom. The molecular weight excluding hydrogens is 248 g/mol. The fraction of sp³-hybridized carbons (Fsp3) is 0.765.